The first-order chi connectivity index (χ1) is 6.13. The van der Waals surface area contributed by atoms with Gasteiger partial charge in [0.15, 0.2) is 0 Å². The number of hydrogen-bond acceptors (Lipinski definition) is 0. The van der Waals surface area contributed by atoms with Crippen LogP contribution in [0.15, 0.2) is 0 Å². The molecule has 2 bridgehead atoms. The second-order valence-electron chi connectivity index (χ2n) is 5.93. The molecule has 2 fully saturated rings. The van der Waals surface area contributed by atoms with Gasteiger partial charge in [-0.2, -0.15) is 0 Å². The molecule has 76 valence electrons. The average molecular weight is 180 g/mol. The topological polar surface area (TPSA) is 0 Å². The van der Waals surface area contributed by atoms with E-state index in [4.69, 9.17) is 0 Å². The van der Waals surface area contributed by atoms with Crippen LogP contribution in [0, 0.1) is 23.2 Å². The van der Waals surface area contributed by atoms with E-state index >= 15 is 0 Å². The third-order valence-electron chi connectivity index (χ3n) is 5.13. The molecule has 13 heavy (non-hydrogen) atoms. The Balaban J connectivity index is 2.12. The predicted octanol–water partition coefficient (Wildman–Crippen LogP) is 4.25. The normalized spacial score (nSPS) is 45.2. The second kappa shape index (κ2) is 3.29. The van der Waals surface area contributed by atoms with E-state index in [1.165, 1.54) is 32.1 Å². The van der Waals surface area contributed by atoms with Gasteiger partial charge in [0.1, 0.15) is 0 Å². The van der Waals surface area contributed by atoms with Crippen molar-refractivity contribution < 1.29 is 0 Å². The van der Waals surface area contributed by atoms with E-state index in [0.717, 1.165) is 17.8 Å². The van der Waals surface area contributed by atoms with Crippen molar-refractivity contribution in [1.29, 1.82) is 0 Å². The lowest BCUT2D eigenvalue weighted by atomic mass is 9.55. The van der Waals surface area contributed by atoms with E-state index in [2.05, 4.69) is 20.8 Å². The van der Waals surface area contributed by atoms with Crippen LogP contribution in [0.1, 0.15) is 59.3 Å². The van der Waals surface area contributed by atoms with E-state index in [1.54, 1.807) is 6.42 Å². The van der Waals surface area contributed by atoms with Gasteiger partial charge in [-0.3, -0.25) is 0 Å². The van der Waals surface area contributed by atoms with Crippen molar-refractivity contribution in [2.75, 3.05) is 0 Å². The van der Waals surface area contributed by atoms with Crippen LogP contribution in [-0.4, -0.2) is 0 Å². The zero-order chi connectivity index (χ0) is 9.47. The van der Waals surface area contributed by atoms with Crippen LogP contribution in [0.3, 0.4) is 0 Å². The molecule has 0 aromatic carbocycles. The first kappa shape index (κ1) is 9.55. The molecule has 0 aliphatic heterocycles. The van der Waals surface area contributed by atoms with Gasteiger partial charge in [-0.25, -0.2) is 0 Å². The Kier molecular flexibility index (Phi) is 2.42. The van der Waals surface area contributed by atoms with Gasteiger partial charge in [-0.1, -0.05) is 33.6 Å². The molecule has 3 atom stereocenters. The summed E-state index contributed by atoms with van der Waals surface area (Å²) < 4.78 is 0. The SMILES string of the molecule is CC(C)C1(C)CCC2CCCC1C2. The maximum Gasteiger partial charge on any atom is -0.0274 e. The fraction of sp³-hybridized carbons (Fsp3) is 1.00. The third kappa shape index (κ3) is 1.53. The van der Waals surface area contributed by atoms with Crippen LogP contribution in [0.5, 0.6) is 0 Å². The summed E-state index contributed by atoms with van der Waals surface area (Å²) in [5, 5.41) is 0. The molecule has 0 aromatic rings. The molecule has 2 aliphatic carbocycles. The van der Waals surface area contributed by atoms with E-state index < -0.39 is 0 Å². The van der Waals surface area contributed by atoms with Gasteiger partial charge in [0.25, 0.3) is 0 Å². The lowest BCUT2D eigenvalue weighted by Gasteiger charge is -2.50. The maximum absolute atomic E-state index is 2.55. The highest BCUT2D eigenvalue weighted by Crippen LogP contribution is 2.53. The highest BCUT2D eigenvalue weighted by atomic mass is 14.5. The largest absolute Gasteiger partial charge is 0.0622 e. The highest BCUT2D eigenvalue weighted by Gasteiger charge is 2.43. The fourth-order valence-electron chi connectivity index (χ4n) is 3.63. The Morgan fingerprint density at radius 3 is 2.62 bits per heavy atom. The van der Waals surface area contributed by atoms with Crippen molar-refractivity contribution in [3.8, 4) is 0 Å². The molecule has 2 rings (SSSR count). The zero-order valence-electron chi connectivity index (χ0n) is 9.47. The molecule has 0 nitrogen and oxygen atoms in total. The standard InChI is InChI=1S/C13H24/c1-10(2)13(3)8-7-11-5-4-6-12(13)9-11/h10-12H,4-9H2,1-3H3. The van der Waals surface area contributed by atoms with Gasteiger partial charge in [-0.05, 0) is 48.9 Å². The van der Waals surface area contributed by atoms with Crippen molar-refractivity contribution in [3.05, 3.63) is 0 Å². The Morgan fingerprint density at radius 1 is 1.15 bits per heavy atom. The van der Waals surface area contributed by atoms with Crippen LogP contribution in [0.2, 0.25) is 0 Å². The van der Waals surface area contributed by atoms with Crippen molar-refractivity contribution in [2.45, 2.75) is 59.3 Å². The maximum atomic E-state index is 2.55. The summed E-state index contributed by atoms with van der Waals surface area (Å²) in [5.74, 6) is 3.04. The molecular formula is C13H24. The Morgan fingerprint density at radius 2 is 1.92 bits per heavy atom. The average Bonchev–Trinajstić information content (AvgIpc) is 2.13. The fourth-order valence-corrected chi connectivity index (χ4v) is 3.63. The minimum Gasteiger partial charge on any atom is -0.0622 e. The van der Waals surface area contributed by atoms with Crippen molar-refractivity contribution in [1.82, 2.24) is 0 Å². The molecular weight excluding hydrogens is 156 g/mol. The quantitative estimate of drug-likeness (QED) is 0.566. The first-order valence-corrected chi connectivity index (χ1v) is 6.13. The summed E-state index contributed by atoms with van der Waals surface area (Å²) >= 11 is 0. The summed E-state index contributed by atoms with van der Waals surface area (Å²) in [7, 11) is 0. The number of hydrogen-bond donors (Lipinski definition) is 0. The van der Waals surface area contributed by atoms with E-state index in [0.29, 0.717) is 5.41 Å². The lowest BCUT2D eigenvalue weighted by molar-refractivity contribution is 0.00395. The highest BCUT2D eigenvalue weighted by molar-refractivity contribution is 4.93. The second-order valence-corrected chi connectivity index (χ2v) is 5.93. The minimum absolute atomic E-state index is 0.678. The van der Waals surface area contributed by atoms with E-state index in [-0.39, 0.29) is 0 Å². The lowest BCUT2D eigenvalue weighted by Crippen LogP contribution is -2.40. The molecule has 0 radical (unpaired) electrons. The summed E-state index contributed by atoms with van der Waals surface area (Å²) in [6, 6.07) is 0. The number of rotatable bonds is 1. The van der Waals surface area contributed by atoms with E-state index in [9.17, 15) is 0 Å². The van der Waals surface area contributed by atoms with Crippen LogP contribution in [0.4, 0.5) is 0 Å². The molecule has 2 saturated carbocycles. The summed E-state index contributed by atoms with van der Waals surface area (Å²) in [5.41, 5.74) is 0.678. The van der Waals surface area contributed by atoms with Gasteiger partial charge in [0.2, 0.25) is 0 Å². The molecule has 0 saturated heterocycles. The van der Waals surface area contributed by atoms with Crippen molar-refractivity contribution in [3.63, 3.8) is 0 Å². The predicted molar refractivity (Wildman–Crippen MR) is 57.6 cm³/mol. The van der Waals surface area contributed by atoms with Gasteiger partial charge in [0.05, 0.1) is 0 Å². The summed E-state index contributed by atoms with van der Waals surface area (Å²) in [4.78, 5) is 0. The van der Waals surface area contributed by atoms with Crippen molar-refractivity contribution >= 4 is 0 Å². The Hall–Kier alpha value is 0. The van der Waals surface area contributed by atoms with Gasteiger partial charge < -0.3 is 0 Å². The Labute approximate surface area is 83.1 Å². The first-order valence-electron chi connectivity index (χ1n) is 6.13. The van der Waals surface area contributed by atoms with Crippen LogP contribution < -0.4 is 0 Å². The van der Waals surface area contributed by atoms with Gasteiger partial charge in [0, 0.05) is 0 Å². The summed E-state index contributed by atoms with van der Waals surface area (Å²) in [6.07, 6.45) is 9.13. The molecule has 0 heterocycles. The third-order valence-corrected chi connectivity index (χ3v) is 5.13. The van der Waals surface area contributed by atoms with Crippen molar-refractivity contribution in [2.24, 2.45) is 23.2 Å². The van der Waals surface area contributed by atoms with Crippen LogP contribution in [-0.2, 0) is 0 Å². The monoisotopic (exact) mass is 180 g/mol. The molecule has 0 heteroatoms. The molecule has 0 spiro atoms. The molecule has 0 N–H and O–H groups in total. The molecule has 3 unspecified atom stereocenters. The zero-order valence-corrected chi connectivity index (χ0v) is 9.47. The Bertz CT molecular complexity index is 182. The van der Waals surface area contributed by atoms with Gasteiger partial charge in [-0.15, -0.1) is 0 Å². The van der Waals surface area contributed by atoms with E-state index in [1.807, 2.05) is 0 Å². The molecule has 0 amide bonds. The minimum atomic E-state index is 0.678. The summed E-state index contributed by atoms with van der Waals surface area (Å²) in [6.45, 7) is 7.40. The van der Waals surface area contributed by atoms with Crippen LogP contribution >= 0.6 is 0 Å². The van der Waals surface area contributed by atoms with Gasteiger partial charge >= 0.3 is 0 Å². The molecule has 2 aliphatic rings. The number of fused-ring (bicyclic) bond motifs is 2. The molecule has 0 aromatic heterocycles. The smallest absolute Gasteiger partial charge is 0.0274 e. The van der Waals surface area contributed by atoms with Crippen LogP contribution in [0.25, 0.3) is 0 Å².